The topological polar surface area (TPSA) is 97.2 Å². The molecule has 1 aromatic carbocycles. The van der Waals surface area contributed by atoms with E-state index in [1.807, 2.05) is 0 Å². The fraction of sp³-hybridized carbons (Fsp3) is 0.286. The summed E-state index contributed by atoms with van der Waals surface area (Å²) in [6.45, 7) is 1.70. The number of thiazole rings is 1. The van der Waals surface area contributed by atoms with Crippen LogP contribution in [0.5, 0.6) is 0 Å². The van der Waals surface area contributed by atoms with Gasteiger partial charge in [-0.1, -0.05) is 0 Å². The summed E-state index contributed by atoms with van der Waals surface area (Å²) in [5.74, 6) is -0.182. The van der Waals surface area contributed by atoms with Crippen LogP contribution in [0.2, 0.25) is 0 Å². The smallest absolute Gasteiger partial charge is 0.271 e. The first kappa shape index (κ1) is 17.3. The predicted molar refractivity (Wildman–Crippen MR) is 90.2 cm³/mol. The molecule has 0 radical (unpaired) electrons. The van der Waals surface area contributed by atoms with Crippen LogP contribution in [0, 0.1) is 10.1 Å². The molecule has 1 aromatic heterocycles. The lowest BCUT2D eigenvalue weighted by Crippen LogP contribution is -2.36. The molecule has 2 aromatic rings. The number of nitrogens with zero attached hydrogens (tertiary/aromatic N) is 2. The second kappa shape index (κ2) is 7.49. The van der Waals surface area contributed by atoms with Gasteiger partial charge in [0.25, 0.3) is 11.6 Å². The average molecular weight is 355 g/mol. The molecule has 1 saturated heterocycles. The normalized spacial score (nSPS) is 16.6. The number of halogens is 1. The van der Waals surface area contributed by atoms with E-state index in [4.69, 9.17) is 0 Å². The highest BCUT2D eigenvalue weighted by molar-refractivity contribution is 7.13. The third kappa shape index (κ3) is 4.04. The Bertz CT molecular complexity index is 698. The highest BCUT2D eigenvalue weighted by Gasteiger charge is 2.19. The molecule has 7 nitrogen and oxygen atoms in total. The molecule has 122 valence electrons. The summed E-state index contributed by atoms with van der Waals surface area (Å²) >= 11 is 1.35. The van der Waals surface area contributed by atoms with Crippen LogP contribution in [-0.2, 0) is 0 Å². The highest BCUT2D eigenvalue weighted by atomic mass is 35.5. The van der Waals surface area contributed by atoms with Crippen molar-refractivity contribution in [1.29, 1.82) is 0 Å². The number of nitrogens with one attached hydrogen (secondary N) is 2. The second-order valence-corrected chi connectivity index (χ2v) is 5.86. The van der Waals surface area contributed by atoms with Crippen molar-refractivity contribution >= 4 is 35.3 Å². The molecular weight excluding hydrogens is 340 g/mol. The Kier molecular flexibility index (Phi) is 5.64. The van der Waals surface area contributed by atoms with Crippen molar-refractivity contribution in [3.8, 4) is 10.6 Å². The number of hydrogen-bond acceptors (Lipinski definition) is 6. The Morgan fingerprint density at radius 1 is 1.39 bits per heavy atom. The molecule has 0 bridgehead atoms. The third-order valence-corrected chi connectivity index (χ3v) is 4.35. The van der Waals surface area contributed by atoms with Crippen LogP contribution in [0.3, 0.4) is 0 Å². The number of hydrogen-bond donors (Lipinski definition) is 2. The minimum absolute atomic E-state index is 0. The maximum atomic E-state index is 12.1. The van der Waals surface area contributed by atoms with Crippen molar-refractivity contribution in [3.05, 3.63) is 45.5 Å². The first-order valence-electron chi connectivity index (χ1n) is 6.85. The van der Waals surface area contributed by atoms with E-state index < -0.39 is 4.92 Å². The number of benzene rings is 1. The van der Waals surface area contributed by atoms with Gasteiger partial charge in [-0.3, -0.25) is 14.9 Å². The highest BCUT2D eigenvalue weighted by Crippen LogP contribution is 2.25. The Morgan fingerprint density at radius 3 is 2.74 bits per heavy atom. The van der Waals surface area contributed by atoms with E-state index in [0.717, 1.165) is 25.1 Å². The maximum Gasteiger partial charge on any atom is 0.271 e. The largest absolute Gasteiger partial charge is 0.347 e. The molecule has 0 saturated carbocycles. The molecule has 1 unspecified atom stereocenters. The second-order valence-electron chi connectivity index (χ2n) is 5.01. The van der Waals surface area contributed by atoms with Crippen LogP contribution < -0.4 is 10.6 Å². The molecule has 2 N–H and O–H groups in total. The minimum Gasteiger partial charge on any atom is -0.347 e. The lowest BCUT2D eigenvalue weighted by molar-refractivity contribution is -0.384. The van der Waals surface area contributed by atoms with Gasteiger partial charge >= 0.3 is 0 Å². The van der Waals surface area contributed by atoms with Crippen LogP contribution in [-0.4, -0.2) is 34.9 Å². The van der Waals surface area contributed by atoms with Gasteiger partial charge in [0, 0.05) is 35.7 Å². The summed E-state index contributed by atoms with van der Waals surface area (Å²) < 4.78 is 0. The molecule has 9 heteroatoms. The Balaban J connectivity index is 0.00000192. The summed E-state index contributed by atoms with van der Waals surface area (Å²) in [4.78, 5) is 26.6. The summed E-state index contributed by atoms with van der Waals surface area (Å²) in [7, 11) is 0. The van der Waals surface area contributed by atoms with Crippen LogP contribution >= 0.6 is 23.7 Å². The zero-order valence-corrected chi connectivity index (χ0v) is 13.7. The number of carbonyl (C=O) groups is 1. The molecule has 1 fully saturated rings. The van der Waals surface area contributed by atoms with Crippen LogP contribution in [0.25, 0.3) is 10.6 Å². The van der Waals surface area contributed by atoms with Crippen LogP contribution in [0.4, 0.5) is 5.69 Å². The van der Waals surface area contributed by atoms with Crippen LogP contribution in [0.15, 0.2) is 29.6 Å². The van der Waals surface area contributed by atoms with E-state index in [1.54, 1.807) is 17.5 Å². The van der Waals surface area contributed by atoms with Gasteiger partial charge in [-0.05, 0) is 25.1 Å². The Morgan fingerprint density at radius 2 is 2.13 bits per heavy atom. The van der Waals surface area contributed by atoms with Gasteiger partial charge in [-0.15, -0.1) is 23.7 Å². The van der Waals surface area contributed by atoms with Gasteiger partial charge in [-0.2, -0.15) is 0 Å². The molecule has 1 aliphatic heterocycles. The summed E-state index contributed by atoms with van der Waals surface area (Å²) in [5.41, 5.74) is 1.18. The molecule has 23 heavy (non-hydrogen) atoms. The van der Waals surface area contributed by atoms with Crippen molar-refractivity contribution in [2.24, 2.45) is 0 Å². The van der Waals surface area contributed by atoms with E-state index in [0.29, 0.717) is 10.7 Å². The van der Waals surface area contributed by atoms with Crippen molar-refractivity contribution in [3.63, 3.8) is 0 Å². The molecule has 1 atom stereocenters. The first-order valence-corrected chi connectivity index (χ1v) is 7.73. The van der Waals surface area contributed by atoms with E-state index >= 15 is 0 Å². The molecule has 0 aliphatic carbocycles. The maximum absolute atomic E-state index is 12.1. The van der Waals surface area contributed by atoms with E-state index in [2.05, 4.69) is 15.6 Å². The number of amides is 1. The van der Waals surface area contributed by atoms with Crippen molar-refractivity contribution in [1.82, 2.24) is 15.6 Å². The van der Waals surface area contributed by atoms with Crippen molar-refractivity contribution in [2.45, 2.75) is 12.5 Å². The Hall–Kier alpha value is -2.03. The van der Waals surface area contributed by atoms with E-state index in [9.17, 15) is 14.9 Å². The summed E-state index contributed by atoms with van der Waals surface area (Å²) in [6, 6.07) is 6.29. The van der Waals surface area contributed by atoms with Gasteiger partial charge in [0.05, 0.1) is 4.92 Å². The number of nitro groups is 1. The van der Waals surface area contributed by atoms with Crippen molar-refractivity contribution < 1.29 is 9.72 Å². The van der Waals surface area contributed by atoms with E-state index in [-0.39, 0.29) is 30.0 Å². The molecule has 0 spiro atoms. The fourth-order valence-corrected chi connectivity index (χ4v) is 3.08. The number of aromatic nitrogens is 1. The van der Waals surface area contributed by atoms with Crippen LogP contribution in [0.1, 0.15) is 16.9 Å². The van der Waals surface area contributed by atoms with Crippen molar-refractivity contribution in [2.75, 3.05) is 13.1 Å². The molecule has 1 amide bonds. The molecule has 3 rings (SSSR count). The van der Waals surface area contributed by atoms with Gasteiger partial charge < -0.3 is 10.6 Å². The SMILES string of the molecule is Cl.O=C(NC1CCNC1)c1csc(-c2ccc([N+](=O)[O-])cc2)n1. The monoisotopic (exact) mass is 354 g/mol. The van der Waals surface area contributed by atoms with Gasteiger partial charge in [0.15, 0.2) is 0 Å². The van der Waals surface area contributed by atoms with E-state index in [1.165, 1.54) is 23.5 Å². The Labute approximate surface area is 142 Å². The summed E-state index contributed by atoms with van der Waals surface area (Å²) in [6.07, 6.45) is 0.922. The number of nitro benzene ring substituents is 1. The van der Waals surface area contributed by atoms with Gasteiger partial charge in [0.2, 0.25) is 0 Å². The lowest BCUT2D eigenvalue weighted by Gasteiger charge is -2.09. The molecular formula is C14H15ClN4O3S. The third-order valence-electron chi connectivity index (χ3n) is 3.46. The zero-order chi connectivity index (χ0) is 15.5. The van der Waals surface area contributed by atoms with Gasteiger partial charge in [-0.25, -0.2) is 4.98 Å². The summed E-state index contributed by atoms with van der Waals surface area (Å²) in [5, 5.41) is 19.1. The number of rotatable bonds is 4. The quantitative estimate of drug-likeness (QED) is 0.648. The average Bonchev–Trinajstić information content (AvgIpc) is 3.18. The fourth-order valence-electron chi connectivity index (χ4n) is 2.27. The molecule has 1 aliphatic rings. The lowest BCUT2D eigenvalue weighted by atomic mass is 10.2. The standard InChI is InChI=1S/C14H14N4O3S.ClH/c19-13(16-10-5-6-15-7-10)12-8-22-14(17-12)9-1-3-11(4-2-9)18(20)21;/h1-4,8,10,15H,5-7H2,(H,16,19);1H. The molecule has 2 heterocycles. The zero-order valence-electron chi connectivity index (χ0n) is 12.0. The first-order chi connectivity index (χ1) is 10.6. The van der Waals surface area contributed by atoms with Gasteiger partial charge in [0.1, 0.15) is 10.7 Å². The number of non-ortho nitro benzene ring substituents is 1. The predicted octanol–water partition coefficient (Wildman–Crippen LogP) is 2.23. The minimum atomic E-state index is -0.444. The number of carbonyl (C=O) groups excluding carboxylic acids is 1.